The molecule has 0 amide bonds. The Bertz CT molecular complexity index is 446. The molecule has 19 heavy (non-hydrogen) atoms. The summed E-state index contributed by atoms with van der Waals surface area (Å²) in [6.07, 6.45) is 4.72. The van der Waals surface area contributed by atoms with Gasteiger partial charge in [-0.05, 0) is 48.9 Å². The zero-order chi connectivity index (χ0) is 13.2. The van der Waals surface area contributed by atoms with Gasteiger partial charge in [-0.15, -0.1) is 0 Å². The summed E-state index contributed by atoms with van der Waals surface area (Å²) in [5.74, 6) is 0.395. The van der Waals surface area contributed by atoms with Crippen molar-refractivity contribution in [3.8, 4) is 5.75 Å². The van der Waals surface area contributed by atoms with Gasteiger partial charge in [0.15, 0.2) is 0 Å². The van der Waals surface area contributed by atoms with Crippen LogP contribution in [0.2, 0.25) is 0 Å². The third kappa shape index (κ3) is 2.49. The van der Waals surface area contributed by atoms with Crippen molar-refractivity contribution < 1.29 is 9.84 Å². The van der Waals surface area contributed by atoms with Gasteiger partial charge in [0, 0.05) is 18.6 Å². The van der Waals surface area contributed by atoms with Crippen LogP contribution in [0.15, 0.2) is 18.2 Å². The zero-order valence-corrected chi connectivity index (χ0v) is 11.6. The average Bonchev–Trinajstić information content (AvgIpc) is 2.46. The van der Waals surface area contributed by atoms with Gasteiger partial charge in [-0.2, -0.15) is 0 Å². The fourth-order valence-corrected chi connectivity index (χ4v) is 3.54. The van der Waals surface area contributed by atoms with Crippen molar-refractivity contribution in [3.63, 3.8) is 0 Å². The number of aromatic hydroxyl groups is 1. The quantitative estimate of drug-likeness (QED) is 0.888. The molecular formula is C16H23NO2. The minimum absolute atomic E-state index is 0.395. The van der Waals surface area contributed by atoms with Crippen molar-refractivity contribution in [1.82, 2.24) is 4.90 Å². The lowest BCUT2D eigenvalue weighted by atomic mass is 9.85. The maximum Gasteiger partial charge on any atom is 0.115 e. The number of phenols is 1. The minimum atomic E-state index is 0.395. The van der Waals surface area contributed by atoms with E-state index in [2.05, 4.69) is 17.9 Å². The molecular weight excluding hydrogens is 238 g/mol. The summed E-state index contributed by atoms with van der Waals surface area (Å²) in [7, 11) is 0. The molecule has 0 radical (unpaired) electrons. The molecule has 1 aliphatic heterocycles. The van der Waals surface area contributed by atoms with Crippen LogP contribution in [-0.4, -0.2) is 35.8 Å². The Morgan fingerprint density at radius 2 is 2.32 bits per heavy atom. The van der Waals surface area contributed by atoms with Crippen molar-refractivity contribution in [2.24, 2.45) is 0 Å². The molecule has 1 aromatic carbocycles. The molecule has 1 N–H and O–H groups in total. The van der Waals surface area contributed by atoms with Crippen LogP contribution in [0.3, 0.4) is 0 Å². The molecule has 2 aliphatic rings. The smallest absolute Gasteiger partial charge is 0.115 e. The number of fused-ring (bicyclic) bond motifs is 1. The first-order valence-corrected chi connectivity index (χ1v) is 7.45. The number of aryl methyl sites for hydroxylation is 1. The molecule has 104 valence electrons. The van der Waals surface area contributed by atoms with Gasteiger partial charge in [-0.1, -0.05) is 13.0 Å². The Morgan fingerprint density at radius 3 is 3.16 bits per heavy atom. The highest BCUT2D eigenvalue weighted by Crippen LogP contribution is 2.38. The van der Waals surface area contributed by atoms with Gasteiger partial charge in [0.2, 0.25) is 0 Å². The van der Waals surface area contributed by atoms with E-state index in [1.165, 1.54) is 24.0 Å². The highest BCUT2D eigenvalue weighted by Gasteiger charge is 2.32. The van der Waals surface area contributed by atoms with E-state index in [0.29, 0.717) is 17.8 Å². The third-order valence-corrected chi connectivity index (χ3v) is 4.56. The fourth-order valence-electron chi connectivity index (χ4n) is 3.54. The molecule has 1 fully saturated rings. The highest BCUT2D eigenvalue weighted by molar-refractivity contribution is 5.38. The first kappa shape index (κ1) is 12.9. The first-order chi connectivity index (χ1) is 9.29. The predicted octanol–water partition coefficient (Wildman–Crippen LogP) is 2.88. The van der Waals surface area contributed by atoms with Gasteiger partial charge in [0.05, 0.1) is 13.2 Å². The van der Waals surface area contributed by atoms with Gasteiger partial charge in [-0.3, -0.25) is 4.90 Å². The van der Waals surface area contributed by atoms with Crippen molar-refractivity contribution >= 4 is 0 Å². The molecule has 0 saturated carbocycles. The third-order valence-electron chi connectivity index (χ3n) is 4.56. The van der Waals surface area contributed by atoms with Gasteiger partial charge in [0.1, 0.15) is 5.75 Å². The van der Waals surface area contributed by atoms with Gasteiger partial charge < -0.3 is 9.84 Å². The van der Waals surface area contributed by atoms with E-state index in [1.807, 2.05) is 12.1 Å². The number of ether oxygens (including phenoxy) is 1. The van der Waals surface area contributed by atoms with Crippen LogP contribution in [0.25, 0.3) is 0 Å². The van der Waals surface area contributed by atoms with Crippen LogP contribution >= 0.6 is 0 Å². The summed E-state index contributed by atoms with van der Waals surface area (Å²) in [4.78, 5) is 2.60. The van der Waals surface area contributed by atoms with Crippen LogP contribution in [0, 0.1) is 0 Å². The molecule has 3 heteroatoms. The molecule has 1 heterocycles. The topological polar surface area (TPSA) is 32.7 Å². The number of nitrogens with zero attached hydrogens (tertiary/aromatic N) is 1. The Balaban J connectivity index is 1.91. The van der Waals surface area contributed by atoms with E-state index in [-0.39, 0.29) is 0 Å². The molecule has 1 aliphatic carbocycles. The largest absolute Gasteiger partial charge is 0.508 e. The highest BCUT2D eigenvalue weighted by atomic mass is 16.5. The SMILES string of the molecule is CCC1COCCN1C1CCCc2ccc(O)cc21. The van der Waals surface area contributed by atoms with Crippen molar-refractivity contribution in [2.45, 2.75) is 44.7 Å². The van der Waals surface area contributed by atoms with Gasteiger partial charge >= 0.3 is 0 Å². The Morgan fingerprint density at radius 1 is 1.42 bits per heavy atom. The number of rotatable bonds is 2. The standard InChI is InChI=1S/C16H23NO2/c1-2-13-11-19-9-8-17(13)16-5-3-4-12-6-7-14(18)10-15(12)16/h6-7,10,13,16,18H,2-5,8-9,11H2,1H3. The molecule has 0 bridgehead atoms. The van der Waals surface area contributed by atoms with Crippen LogP contribution < -0.4 is 0 Å². The summed E-state index contributed by atoms with van der Waals surface area (Å²) in [5.41, 5.74) is 2.75. The van der Waals surface area contributed by atoms with Crippen molar-refractivity contribution in [2.75, 3.05) is 19.8 Å². The average molecular weight is 261 g/mol. The van der Waals surface area contributed by atoms with E-state index in [1.54, 1.807) is 0 Å². The van der Waals surface area contributed by atoms with Crippen molar-refractivity contribution in [3.05, 3.63) is 29.3 Å². The monoisotopic (exact) mass is 261 g/mol. The fraction of sp³-hybridized carbons (Fsp3) is 0.625. The molecule has 3 rings (SSSR count). The number of phenolic OH excluding ortho intramolecular Hbond substituents is 1. The molecule has 1 saturated heterocycles. The number of benzene rings is 1. The second-order valence-electron chi connectivity index (χ2n) is 5.67. The molecule has 1 aromatic rings. The van der Waals surface area contributed by atoms with Gasteiger partial charge in [-0.25, -0.2) is 0 Å². The number of morpholine rings is 1. The molecule has 2 unspecified atom stereocenters. The van der Waals surface area contributed by atoms with Crippen LogP contribution in [0.4, 0.5) is 0 Å². The second-order valence-corrected chi connectivity index (χ2v) is 5.67. The van der Waals surface area contributed by atoms with Crippen LogP contribution in [0.5, 0.6) is 5.75 Å². The van der Waals surface area contributed by atoms with Crippen molar-refractivity contribution in [1.29, 1.82) is 0 Å². The summed E-state index contributed by atoms with van der Waals surface area (Å²) < 4.78 is 5.61. The number of hydrogen-bond acceptors (Lipinski definition) is 3. The lowest BCUT2D eigenvalue weighted by Crippen LogP contribution is -2.47. The van der Waals surface area contributed by atoms with E-state index >= 15 is 0 Å². The minimum Gasteiger partial charge on any atom is -0.508 e. The van der Waals surface area contributed by atoms with E-state index in [0.717, 1.165) is 32.6 Å². The summed E-state index contributed by atoms with van der Waals surface area (Å²) in [5, 5.41) is 9.78. The lowest BCUT2D eigenvalue weighted by molar-refractivity contribution is -0.0341. The Labute approximate surface area is 115 Å². The first-order valence-electron chi connectivity index (χ1n) is 7.45. The maximum absolute atomic E-state index is 9.78. The van der Waals surface area contributed by atoms with E-state index in [4.69, 9.17) is 4.74 Å². The van der Waals surface area contributed by atoms with E-state index in [9.17, 15) is 5.11 Å². The lowest BCUT2D eigenvalue weighted by Gasteiger charge is -2.43. The van der Waals surface area contributed by atoms with Crippen LogP contribution in [-0.2, 0) is 11.2 Å². The number of hydrogen-bond donors (Lipinski definition) is 1. The Kier molecular flexibility index (Phi) is 3.76. The molecule has 0 spiro atoms. The van der Waals surface area contributed by atoms with Gasteiger partial charge in [0.25, 0.3) is 0 Å². The predicted molar refractivity (Wildman–Crippen MR) is 75.4 cm³/mol. The molecule has 0 aromatic heterocycles. The second kappa shape index (κ2) is 5.51. The Hall–Kier alpha value is -1.06. The van der Waals surface area contributed by atoms with Crippen LogP contribution in [0.1, 0.15) is 43.4 Å². The summed E-state index contributed by atoms with van der Waals surface area (Å²) in [6, 6.07) is 6.87. The maximum atomic E-state index is 9.78. The summed E-state index contributed by atoms with van der Waals surface area (Å²) in [6.45, 7) is 4.93. The van der Waals surface area contributed by atoms with E-state index < -0.39 is 0 Å². The molecule has 3 nitrogen and oxygen atoms in total. The summed E-state index contributed by atoms with van der Waals surface area (Å²) >= 11 is 0. The zero-order valence-electron chi connectivity index (χ0n) is 11.6. The molecule has 2 atom stereocenters. The normalized spacial score (nSPS) is 28.1.